The Balaban J connectivity index is 2.13. The summed E-state index contributed by atoms with van der Waals surface area (Å²) in [6.07, 6.45) is 1.17. The molecule has 0 aromatic heterocycles. The average Bonchev–Trinajstić information content (AvgIpc) is 2.27. The molecule has 0 aromatic rings. The van der Waals surface area contributed by atoms with Crippen LogP contribution >= 0.6 is 0 Å². The van der Waals surface area contributed by atoms with E-state index in [0.717, 1.165) is 19.6 Å². The van der Waals surface area contributed by atoms with E-state index < -0.39 is 0 Å². The molecule has 0 saturated carbocycles. The Morgan fingerprint density at radius 2 is 2.40 bits per heavy atom. The molecule has 2 aliphatic heterocycles. The van der Waals surface area contributed by atoms with Gasteiger partial charge in [-0.3, -0.25) is 0 Å². The normalized spacial score (nSPS) is 26.5. The molecule has 2 rings (SSSR count). The summed E-state index contributed by atoms with van der Waals surface area (Å²) < 4.78 is 0. The van der Waals surface area contributed by atoms with E-state index in [2.05, 4.69) is 22.8 Å². The Morgan fingerprint density at radius 1 is 1.50 bits per heavy atom. The van der Waals surface area contributed by atoms with Crippen LogP contribution in [-0.4, -0.2) is 31.7 Å². The molecule has 3 heteroatoms. The Morgan fingerprint density at radius 3 is 3.20 bits per heavy atom. The molecule has 0 amide bonds. The van der Waals surface area contributed by atoms with Gasteiger partial charge < -0.3 is 10.7 Å². The van der Waals surface area contributed by atoms with Crippen molar-refractivity contribution in [2.45, 2.75) is 6.42 Å². The van der Waals surface area contributed by atoms with E-state index in [9.17, 15) is 0 Å². The number of hydrazine groups is 1. The van der Waals surface area contributed by atoms with Crippen molar-refractivity contribution in [1.82, 2.24) is 15.8 Å². The summed E-state index contributed by atoms with van der Waals surface area (Å²) in [5, 5.41) is 5.49. The highest BCUT2D eigenvalue weighted by molar-refractivity contribution is 5.22. The quantitative estimate of drug-likeness (QED) is 0.482. The van der Waals surface area contributed by atoms with Crippen LogP contribution in [0.1, 0.15) is 6.42 Å². The van der Waals surface area contributed by atoms with E-state index in [1.54, 1.807) is 0 Å². The molecule has 0 fully saturated rings. The summed E-state index contributed by atoms with van der Waals surface area (Å²) in [6, 6.07) is 0. The molecular formula is C7H13N3. The number of rotatable bonds is 0. The van der Waals surface area contributed by atoms with Gasteiger partial charge in [0.05, 0.1) is 0 Å². The smallest absolute Gasteiger partial charge is 0.0418 e. The Kier molecular flexibility index (Phi) is 1.39. The summed E-state index contributed by atoms with van der Waals surface area (Å²) in [5.74, 6) is 0. The first-order chi connectivity index (χ1) is 4.86. The van der Waals surface area contributed by atoms with Gasteiger partial charge in [-0.05, 0) is 5.57 Å². The van der Waals surface area contributed by atoms with Gasteiger partial charge in [0, 0.05) is 38.8 Å². The Labute approximate surface area is 61.1 Å². The molecule has 10 heavy (non-hydrogen) atoms. The van der Waals surface area contributed by atoms with Gasteiger partial charge in [-0.1, -0.05) is 0 Å². The molecular weight excluding hydrogens is 126 g/mol. The lowest BCUT2D eigenvalue weighted by Crippen LogP contribution is -2.28. The lowest BCUT2D eigenvalue weighted by molar-refractivity contribution is 0.317. The van der Waals surface area contributed by atoms with Crippen molar-refractivity contribution in [2.24, 2.45) is 0 Å². The van der Waals surface area contributed by atoms with Crippen LogP contribution in [0.4, 0.5) is 0 Å². The van der Waals surface area contributed by atoms with Crippen LogP contribution < -0.4 is 10.7 Å². The summed E-state index contributed by atoms with van der Waals surface area (Å²) in [7, 11) is 2.08. The fourth-order valence-corrected chi connectivity index (χ4v) is 1.58. The molecule has 0 saturated heterocycles. The highest BCUT2D eigenvalue weighted by Crippen LogP contribution is 2.15. The predicted octanol–water partition coefficient (Wildman–Crippen LogP) is -0.316. The zero-order chi connectivity index (χ0) is 6.97. The van der Waals surface area contributed by atoms with Crippen LogP contribution in [0.2, 0.25) is 0 Å². The SMILES string of the molecule is CN1CC2=C(CCNC2)N1. The number of hydrogen-bond acceptors (Lipinski definition) is 3. The first kappa shape index (κ1) is 6.19. The molecule has 0 atom stereocenters. The summed E-state index contributed by atoms with van der Waals surface area (Å²) in [5.41, 5.74) is 6.31. The van der Waals surface area contributed by atoms with Gasteiger partial charge in [0.1, 0.15) is 0 Å². The van der Waals surface area contributed by atoms with Crippen molar-refractivity contribution in [1.29, 1.82) is 0 Å². The van der Waals surface area contributed by atoms with E-state index >= 15 is 0 Å². The topological polar surface area (TPSA) is 27.3 Å². The van der Waals surface area contributed by atoms with Crippen molar-refractivity contribution in [3.8, 4) is 0 Å². The second kappa shape index (κ2) is 2.25. The molecule has 0 spiro atoms. The van der Waals surface area contributed by atoms with Crippen LogP contribution in [0.15, 0.2) is 11.3 Å². The third kappa shape index (κ3) is 0.914. The molecule has 2 N–H and O–H groups in total. The van der Waals surface area contributed by atoms with Crippen molar-refractivity contribution in [2.75, 3.05) is 26.7 Å². The maximum atomic E-state index is 3.35. The molecule has 3 nitrogen and oxygen atoms in total. The molecule has 0 bridgehead atoms. The van der Waals surface area contributed by atoms with Crippen LogP contribution in [-0.2, 0) is 0 Å². The van der Waals surface area contributed by atoms with E-state index in [4.69, 9.17) is 0 Å². The van der Waals surface area contributed by atoms with Crippen LogP contribution in [0.3, 0.4) is 0 Å². The van der Waals surface area contributed by atoms with E-state index in [1.807, 2.05) is 0 Å². The number of likely N-dealkylation sites (N-methyl/N-ethyl adjacent to an activating group) is 1. The summed E-state index contributed by atoms with van der Waals surface area (Å²) >= 11 is 0. The molecule has 2 aliphatic rings. The first-order valence-electron chi connectivity index (χ1n) is 3.75. The van der Waals surface area contributed by atoms with E-state index in [0.29, 0.717) is 0 Å². The molecule has 0 radical (unpaired) electrons. The minimum absolute atomic E-state index is 1.08. The molecule has 56 valence electrons. The zero-order valence-corrected chi connectivity index (χ0v) is 6.28. The third-order valence-electron chi connectivity index (χ3n) is 2.07. The van der Waals surface area contributed by atoms with Gasteiger partial charge in [-0.2, -0.15) is 0 Å². The van der Waals surface area contributed by atoms with Crippen molar-refractivity contribution in [3.05, 3.63) is 11.3 Å². The minimum Gasteiger partial charge on any atom is -0.323 e. The Hall–Kier alpha value is -0.540. The third-order valence-corrected chi connectivity index (χ3v) is 2.07. The van der Waals surface area contributed by atoms with Gasteiger partial charge in [0.25, 0.3) is 0 Å². The highest BCUT2D eigenvalue weighted by atomic mass is 15.5. The highest BCUT2D eigenvalue weighted by Gasteiger charge is 2.19. The first-order valence-corrected chi connectivity index (χ1v) is 3.75. The van der Waals surface area contributed by atoms with Crippen LogP contribution in [0.5, 0.6) is 0 Å². The standard InChI is InChI=1S/C7H13N3/c1-10-5-6-4-8-3-2-7(6)9-10/h8-9H,2-5H2,1H3. The maximum Gasteiger partial charge on any atom is 0.0418 e. The number of nitrogens with one attached hydrogen (secondary N) is 2. The zero-order valence-electron chi connectivity index (χ0n) is 6.28. The van der Waals surface area contributed by atoms with Crippen molar-refractivity contribution < 1.29 is 0 Å². The van der Waals surface area contributed by atoms with Gasteiger partial charge in [0.2, 0.25) is 0 Å². The fraction of sp³-hybridized carbons (Fsp3) is 0.714. The molecule has 0 aliphatic carbocycles. The van der Waals surface area contributed by atoms with Gasteiger partial charge in [0.15, 0.2) is 0 Å². The van der Waals surface area contributed by atoms with Gasteiger partial charge in [-0.25, -0.2) is 5.01 Å². The minimum atomic E-state index is 1.08. The van der Waals surface area contributed by atoms with E-state index in [1.165, 1.54) is 17.7 Å². The van der Waals surface area contributed by atoms with E-state index in [-0.39, 0.29) is 0 Å². The number of hydrogen-bond donors (Lipinski definition) is 2. The van der Waals surface area contributed by atoms with Crippen molar-refractivity contribution >= 4 is 0 Å². The lowest BCUT2D eigenvalue weighted by Gasteiger charge is -2.13. The molecule has 2 heterocycles. The Bertz CT molecular complexity index is 156. The molecule has 0 aromatic carbocycles. The number of nitrogens with zero attached hydrogens (tertiary/aromatic N) is 1. The summed E-state index contributed by atoms with van der Waals surface area (Å²) in [4.78, 5) is 0. The predicted molar refractivity (Wildman–Crippen MR) is 40.3 cm³/mol. The second-order valence-corrected chi connectivity index (χ2v) is 2.98. The van der Waals surface area contributed by atoms with Crippen LogP contribution in [0.25, 0.3) is 0 Å². The van der Waals surface area contributed by atoms with Crippen molar-refractivity contribution in [3.63, 3.8) is 0 Å². The monoisotopic (exact) mass is 139 g/mol. The molecule has 0 unspecified atom stereocenters. The van der Waals surface area contributed by atoms with Gasteiger partial charge in [-0.15, -0.1) is 0 Å². The fourth-order valence-electron chi connectivity index (χ4n) is 1.58. The largest absolute Gasteiger partial charge is 0.323 e. The summed E-state index contributed by atoms with van der Waals surface area (Å²) in [6.45, 7) is 3.29. The maximum absolute atomic E-state index is 3.35. The lowest BCUT2D eigenvalue weighted by atomic mass is 10.1. The van der Waals surface area contributed by atoms with Gasteiger partial charge >= 0.3 is 0 Å². The average molecular weight is 139 g/mol. The van der Waals surface area contributed by atoms with Crippen LogP contribution in [0, 0.1) is 0 Å². The second-order valence-electron chi connectivity index (χ2n) is 2.98.